The number of nitriles is 1. The van der Waals surface area contributed by atoms with Crippen LogP contribution in [0.3, 0.4) is 0 Å². The van der Waals surface area contributed by atoms with Crippen LogP contribution in [0.25, 0.3) is 0 Å². The van der Waals surface area contributed by atoms with E-state index in [0.29, 0.717) is 6.42 Å². The Labute approximate surface area is 116 Å². The van der Waals surface area contributed by atoms with Crippen LogP contribution in [0.5, 0.6) is 0 Å². The van der Waals surface area contributed by atoms with Gasteiger partial charge in [-0.1, -0.05) is 11.6 Å². The highest BCUT2D eigenvalue weighted by Gasteiger charge is 2.17. The molecule has 6 nitrogen and oxygen atoms in total. The molecule has 0 fully saturated rings. The summed E-state index contributed by atoms with van der Waals surface area (Å²) in [4.78, 5) is 10.4. The molecule has 19 heavy (non-hydrogen) atoms. The van der Waals surface area contributed by atoms with Crippen molar-refractivity contribution in [2.45, 2.75) is 17.7 Å². The first-order chi connectivity index (χ1) is 8.86. The lowest BCUT2D eigenvalue weighted by Crippen LogP contribution is -2.26. The number of amides is 1. The van der Waals surface area contributed by atoms with Gasteiger partial charge in [0.15, 0.2) is 0 Å². The van der Waals surface area contributed by atoms with Crippen molar-refractivity contribution in [1.29, 1.82) is 5.26 Å². The molecule has 0 radical (unpaired) electrons. The Morgan fingerprint density at radius 1 is 1.47 bits per heavy atom. The van der Waals surface area contributed by atoms with Gasteiger partial charge in [0.1, 0.15) is 4.90 Å². The van der Waals surface area contributed by atoms with E-state index in [1.807, 2.05) is 6.07 Å². The van der Waals surface area contributed by atoms with Crippen LogP contribution in [0.2, 0.25) is 5.02 Å². The highest BCUT2D eigenvalue weighted by Crippen LogP contribution is 2.22. The summed E-state index contributed by atoms with van der Waals surface area (Å²) < 4.78 is 26.1. The van der Waals surface area contributed by atoms with Gasteiger partial charge >= 0.3 is 0 Å². The van der Waals surface area contributed by atoms with Crippen LogP contribution >= 0.6 is 11.6 Å². The van der Waals surface area contributed by atoms with Crippen molar-refractivity contribution in [3.8, 4) is 6.07 Å². The smallest absolute Gasteiger partial charge is 0.242 e. The molecule has 1 rings (SSSR count). The number of carbonyl (C=O) groups excluding carboxylic acids is 1. The fourth-order valence-corrected chi connectivity index (χ4v) is 2.95. The Hall–Kier alpha value is -1.62. The van der Waals surface area contributed by atoms with Crippen LogP contribution in [0.15, 0.2) is 23.1 Å². The minimum atomic E-state index is -3.76. The van der Waals surface area contributed by atoms with Crippen molar-refractivity contribution in [2.24, 2.45) is 5.73 Å². The predicted octanol–water partition coefficient (Wildman–Crippen LogP) is 0.755. The summed E-state index contributed by atoms with van der Waals surface area (Å²) >= 11 is 5.81. The molecule has 0 aromatic heterocycles. The van der Waals surface area contributed by atoms with Crippen LogP contribution in [0.1, 0.15) is 18.4 Å². The van der Waals surface area contributed by atoms with Crippen LogP contribution < -0.4 is 10.5 Å². The first-order valence-electron chi connectivity index (χ1n) is 5.34. The Morgan fingerprint density at radius 2 is 2.16 bits per heavy atom. The summed E-state index contributed by atoms with van der Waals surface area (Å²) in [5, 5.41) is 8.64. The quantitative estimate of drug-likeness (QED) is 0.755. The normalized spacial score (nSPS) is 10.9. The van der Waals surface area contributed by atoms with E-state index in [2.05, 4.69) is 4.72 Å². The molecule has 0 unspecified atom stereocenters. The Morgan fingerprint density at radius 3 is 2.68 bits per heavy atom. The van der Waals surface area contributed by atoms with Gasteiger partial charge in [-0.3, -0.25) is 4.79 Å². The summed E-state index contributed by atoms with van der Waals surface area (Å²) in [7, 11) is -3.76. The summed E-state index contributed by atoms with van der Waals surface area (Å²) in [5.41, 5.74) is 5.22. The minimum Gasteiger partial charge on any atom is -0.370 e. The molecule has 8 heteroatoms. The van der Waals surface area contributed by atoms with Gasteiger partial charge in [0.05, 0.1) is 16.7 Å². The van der Waals surface area contributed by atoms with E-state index < -0.39 is 15.9 Å². The molecule has 0 bridgehead atoms. The molecule has 1 aromatic carbocycles. The number of sulfonamides is 1. The average molecular weight is 302 g/mol. The summed E-state index contributed by atoms with van der Waals surface area (Å²) in [6.45, 7) is 0.0849. The topological polar surface area (TPSA) is 113 Å². The minimum absolute atomic E-state index is 0.0264. The lowest BCUT2D eigenvalue weighted by molar-refractivity contribution is -0.118. The number of carbonyl (C=O) groups is 1. The fourth-order valence-electron chi connectivity index (χ4n) is 1.34. The van der Waals surface area contributed by atoms with Crippen LogP contribution in [-0.2, 0) is 14.8 Å². The van der Waals surface area contributed by atoms with Crippen molar-refractivity contribution >= 4 is 27.5 Å². The highest BCUT2D eigenvalue weighted by atomic mass is 35.5. The molecule has 102 valence electrons. The number of rotatable bonds is 6. The number of nitrogens with zero attached hydrogens (tertiary/aromatic N) is 1. The van der Waals surface area contributed by atoms with Gasteiger partial charge in [0, 0.05) is 13.0 Å². The molecular weight excluding hydrogens is 290 g/mol. The van der Waals surface area contributed by atoms with Gasteiger partial charge in [0.25, 0.3) is 0 Å². The van der Waals surface area contributed by atoms with Gasteiger partial charge in [-0.05, 0) is 24.6 Å². The monoisotopic (exact) mass is 301 g/mol. The molecule has 1 aromatic rings. The van der Waals surface area contributed by atoms with Gasteiger partial charge in [-0.2, -0.15) is 5.26 Å². The third-order valence-corrected chi connectivity index (χ3v) is 4.19. The molecule has 0 aliphatic rings. The molecule has 0 aliphatic heterocycles. The lowest BCUT2D eigenvalue weighted by Gasteiger charge is -2.08. The average Bonchev–Trinajstić information content (AvgIpc) is 2.34. The molecule has 0 atom stereocenters. The predicted molar refractivity (Wildman–Crippen MR) is 69.8 cm³/mol. The van der Waals surface area contributed by atoms with Crippen LogP contribution in [0, 0.1) is 11.3 Å². The van der Waals surface area contributed by atoms with E-state index in [1.165, 1.54) is 18.2 Å². The number of nitrogens with one attached hydrogen (secondary N) is 1. The van der Waals surface area contributed by atoms with Crippen molar-refractivity contribution in [3.05, 3.63) is 28.8 Å². The standard InChI is InChI=1S/C11H12ClN3O3S/c12-9-6-8(7-13)3-4-10(9)19(17,18)15-5-1-2-11(14)16/h3-4,6,15H,1-2,5H2,(H2,14,16). The Bertz CT molecular complexity index is 623. The van der Waals surface area contributed by atoms with Crippen molar-refractivity contribution in [2.75, 3.05) is 6.54 Å². The number of hydrogen-bond donors (Lipinski definition) is 2. The lowest BCUT2D eigenvalue weighted by atomic mass is 10.2. The molecule has 0 aliphatic carbocycles. The van der Waals surface area contributed by atoms with E-state index in [4.69, 9.17) is 22.6 Å². The SMILES string of the molecule is N#Cc1ccc(S(=O)(=O)NCCCC(N)=O)c(Cl)c1. The van der Waals surface area contributed by atoms with Crippen molar-refractivity contribution in [1.82, 2.24) is 4.72 Å². The number of benzene rings is 1. The van der Waals surface area contributed by atoms with E-state index in [9.17, 15) is 13.2 Å². The summed E-state index contributed by atoms with van der Waals surface area (Å²) in [5.74, 6) is -0.490. The van der Waals surface area contributed by atoms with Crippen molar-refractivity contribution in [3.63, 3.8) is 0 Å². The summed E-state index contributed by atoms with van der Waals surface area (Å²) in [6.07, 6.45) is 0.409. The maximum absolute atomic E-state index is 11.9. The van der Waals surface area contributed by atoms with Gasteiger partial charge < -0.3 is 5.73 Å². The maximum Gasteiger partial charge on any atom is 0.242 e. The second-order valence-corrected chi connectivity index (χ2v) is 5.87. The zero-order valence-electron chi connectivity index (χ0n) is 9.89. The zero-order valence-corrected chi connectivity index (χ0v) is 11.5. The number of nitrogens with two attached hydrogens (primary N) is 1. The number of hydrogen-bond acceptors (Lipinski definition) is 4. The Kier molecular flexibility index (Phi) is 5.30. The van der Waals surface area contributed by atoms with E-state index in [0.717, 1.165) is 0 Å². The Balaban J connectivity index is 2.78. The van der Waals surface area contributed by atoms with Gasteiger partial charge in [-0.25, -0.2) is 13.1 Å². The molecule has 0 spiro atoms. The second-order valence-electron chi connectivity index (χ2n) is 3.72. The molecular formula is C11H12ClN3O3S. The van der Waals surface area contributed by atoms with E-state index in [1.54, 1.807) is 0 Å². The van der Waals surface area contributed by atoms with Crippen LogP contribution in [-0.4, -0.2) is 20.9 Å². The molecule has 3 N–H and O–H groups in total. The summed E-state index contributed by atoms with van der Waals surface area (Å²) in [6, 6.07) is 5.76. The first kappa shape index (κ1) is 15.4. The molecule has 0 heterocycles. The van der Waals surface area contributed by atoms with E-state index >= 15 is 0 Å². The maximum atomic E-state index is 11.9. The van der Waals surface area contributed by atoms with Crippen LogP contribution in [0.4, 0.5) is 0 Å². The zero-order chi connectivity index (χ0) is 14.5. The van der Waals surface area contributed by atoms with E-state index in [-0.39, 0.29) is 28.4 Å². The highest BCUT2D eigenvalue weighted by molar-refractivity contribution is 7.89. The number of primary amides is 1. The van der Waals surface area contributed by atoms with Gasteiger partial charge in [0.2, 0.25) is 15.9 Å². The number of halogens is 1. The van der Waals surface area contributed by atoms with Gasteiger partial charge in [-0.15, -0.1) is 0 Å². The fraction of sp³-hybridized carbons (Fsp3) is 0.273. The third kappa shape index (κ3) is 4.52. The largest absolute Gasteiger partial charge is 0.370 e. The molecule has 0 saturated carbocycles. The third-order valence-electron chi connectivity index (χ3n) is 2.24. The molecule has 1 amide bonds. The second kappa shape index (κ2) is 6.52. The first-order valence-corrected chi connectivity index (χ1v) is 7.20. The molecule has 0 saturated heterocycles. The van der Waals surface area contributed by atoms with Crippen molar-refractivity contribution < 1.29 is 13.2 Å².